The van der Waals surface area contributed by atoms with Crippen LogP contribution in [0.25, 0.3) is 0 Å². The molecule has 1 amide bonds. The summed E-state index contributed by atoms with van der Waals surface area (Å²) in [5, 5.41) is 3.35. The molecule has 0 aromatic rings. The zero-order valence-electron chi connectivity index (χ0n) is 12.6. The summed E-state index contributed by atoms with van der Waals surface area (Å²) in [5.41, 5.74) is 0. The van der Waals surface area contributed by atoms with Crippen molar-refractivity contribution >= 4 is 5.91 Å². The van der Waals surface area contributed by atoms with Crippen molar-refractivity contribution in [2.24, 2.45) is 5.92 Å². The highest BCUT2D eigenvalue weighted by Crippen LogP contribution is 2.23. The highest BCUT2D eigenvalue weighted by atomic mass is 16.2. The fourth-order valence-electron chi connectivity index (χ4n) is 4.06. The summed E-state index contributed by atoms with van der Waals surface area (Å²) in [7, 11) is 0. The van der Waals surface area contributed by atoms with E-state index in [9.17, 15) is 4.79 Å². The molecule has 114 valence electrons. The molecule has 0 spiro atoms. The summed E-state index contributed by atoms with van der Waals surface area (Å²) < 4.78 is 0. The number of carbonyl (C=O) groups excluding carboxylic acids is 1. The van der Waals surface area contributed by atoms with Gasteiger partial charge in [-0.15, -0.1) is 0 Å². The molecule has 3 fully saturated rings. The lowest BCUT2D eigenvalue weighted by molar-refractivity contribution is -0.138. The summed E-state index contributed by atoms with van der Waals surface area (Å²) in [5.74, 6) is 0.728. The van der Waals surface area contributed by atoms with Crippen LogP contribution in [-0.2, 0) is 4.79 Å². The Morgan fingerprint density at radius 3 is 2.15 bits per heavy atom. The summed E-state index contributed by atoms with van der Waals surface area (Å²) >= 11 is 0. The van der Waals surface area contributed by atoms with Crippen molar-refractivity contribution in [3.63, 3.8) is 0 Å². The molecule has 0 atom stereocenters. The number of hydrogen-bond acceptors (Lipinski definition) is 3. The van der Waals surface area contributed by atoms with Gasteiger partial charge in [-0.05, 0) is 64.7 Å². The monoisotopic (exact) mass is 279 g/mol. The minimum absolute atomic E-state index is 0.294. The smallest absolute Gasteiger partial charge is 0.225 e. The Morgan fingerprint density at radius 2 is 1.50 bits per heavy atom. The lowest BCUT2D eigenvalue weighted by Crippen LogP contribution is -2.50. The standard InChI is InChI=1S/C16H29N3O/c20-16(14-4-8-17-9-5-14)19-12-6-15(7-13-19)18-10-2-1-3-11-18/h14-15,17H,1-13H2. The van der Waals surface area contributed by atoms with Crippen LogP contribution in [-0.4, -0.2) is 61.0 Å². The topological polar surface area (TPSA) is 35.6 Å². The van der Waals surface area contributed by atoms with Gasteiger partial charge in [0.05, 0.1) is 0 Å². The molecular weight excluding hydrogens is 250 g/mol. The fraction of sp³-hybridized carbons (Fsp3) is 0.938. The summed E-state index contributed by atoms with van der Waals surface area (Å²) in [6.45, 7) is 6.58. The number of hydrogen-bond donors (Lipinski definition) is 1. The van der Waals surface area contributed by atoms with Crippen LogP contribution in [0, 0.1) is 5.92 Å². The van der Waals surface area contributed by atoms with Gasteiger partial charge in [-0.1, -0.05) is 6.42 Å². The van der Waals surface area contributed by atoms with Crippen molar-refractivity contribution in [3.05, 3.63) is 0 Å². The molecule has 3 aliphatic heterocycles. The highest BCUT2D eigenvalue weighted by molar-refractivity contribution is 5.79. The Morgan fingerprint density at radius 1 is 0.850 bits per heavy atom. The Hall–Kier alpha value is -0.610. The number of nitrogens with zero attached hydrogens (tertiary/aromatic N) is 2. The van der Waals surface area contributed by atoms with Gasteiger partial charge in [0.1, 0.15) is 0 Å². The molecule has 0 unspecified atom stereocenters. The van der Waals surface area contributed by atoms with Crippen LogP contribution in [0.1, 0.15) is 44.9 Å². The van der Waals surface area contributed by atoms with E-state index in [4.69, 9.17) is 0 Å². The summed E-state index contributed by atoms with van der Waals surface area (Å²) in [4.78, 5) is 17.3. The van der Waals surface area contributed by atoms with Crippen molar-refractivity contribution in [2.45, 2.75) is 51.0 Å². The normalized spacial score (nSPS) is 27.7. The van der Waals surface area contributed by atoms with E-state index >= 15 is 0 Å². The first-order valence-corrected chi connectivity index (χ1v) is 8.58. The van der Waals surface area contributed by atoms with E-state index in [1.807, 2.05) is 0 Å². The Bertz CT molecular complexity index is 314. The highest BCUT2D eigenvalue weighted by Gasteiger charge is 2.31. The van der Waals surface area contributed by atoms with Crippen LogP contribution in [0.4, 0.5) is 0 Å². The van der Waals surface area contributed by atoms with Crippen LogP contribution in [0.2, 0.25) is 0 Å². The number of rotatable bonds is 2. The second-order valence-electron chi connectivity index (χ2n) is 6.68. The second-order valence-corrected chi connectivity index (χ2v) is 6.68. The van der Waals surface area contributed by atoms with Crippen LogP contribution in [0.5, 0.6) is 0 Å². The molecule has 4 heteroatoms. The molecule has 0 bridgehead atoms. The first kappa shape index (κ1) is 14.3. The van der Waals surface area contributed by atoms with E-state index in [1.165, 1.54) is 45.2 Å². The van der Waals surface area contributed by atoms with Crippen LogP contribution < -0.4 is 5.32 Å². The molecule has 3 heterocycles. The molecule has 4 nitrogen and oxygen atoms in total. The fourth-order valence-corrected chi connectivity index (χ4v) is 4.06. The molecule has 0 radical (unpaired) electrons. The van der Waals surface area contributed by atoms with Gasteiger partial charge in [0.25, 0.3) is 0 Å². The molecule has 0 aromatic heterocycles. The van der Waals surface area contributed by atoms with Crippen molar-refractivity contribution in [1.82, 2.24) is 15.1 Å². The zero-order valence-corrected chi connectivity index (χ0v) is 12.6. The molecule has 0 aromatic carbocycles. The number of likely N-dealkylation sites (tertiary alicyclic amines) is 2. The zero-order chi connectivity index (χ0) is 13.8. The first-order valence-electron chi connectivity index (χ1n) is 8.58. The van der Waals surface area contributed by atoms with Crippen molar-refractivity contribution in [1.29, 1.82) is 0 Å². The van der Waals surface area contributed by atoms with Gasteiger partial charge < -0.3 is 15.1 Å². The molecule has 20 heavy (non-hydrogen) atoms. The molecule has 0 aliphatic carbocycles. The minimum Gasteiger partial charge on any atom is -0.342 e. The van der Waals surface area contributed by atoms with E-state index in [0.717, 1.165) is 45.1 Å². The maximum Gasteiger partial charge on any atom is 0.225 e. The van der Waals surface area contributed by atoms with Gasteiger partial charge in [-0.25, -0.2) is 0 Å². The van der Waals surface area contributed by atoms with Crippen LogP contribution in [0.3, 0.4) is 0 Å². The van der Waals surface area contributed by atoms with Gasteiger partial charge in [0.15, 0.2) is 0 Å². The molecule has 3 saturated heterocycles. The summed E-state index contributed by atoms with van der Waals surface area (Å²) in [6.07, 6.45) is 8.59. The van der Waals surface area contributed by atoms with Gasteiger partial charge in [0.2, 0.25) is 5.91 Å². The second kappa shape index (κ2) is 6.90. The van der Waals surface area contributed by atoms with Gasteiger partial charge in [-0.2, -0.15) is 0 Å². The third kappa shape index (κ3) is 3.34. The average Bonchev–Trinajstić information content (AvgIpc) is 2.56. The van der Waals surface area contributed by atoms with E-state index in [2.05, 4.69) is 15.1 Å². The maximum absolute atomic E-state index is 12.5. The van der Waals surface area contributed by atoms with Crippen molar-refractivity contribution < 1.29 is 4.79 Å². The van der Waals surface area contributed by atoms with Crippen LogP contribution in [0.15, 0.2) is 0 Å². The van der Waals surface area contributed by atoms with E-state index in [1.54, 1.807) is 0 Å². The van der Waals surface area contributed by atoms with Crippen LogP contribution >= 0.6 is 0 Å². The maximum atomic E-state index is 12.5. The average molecular weight is 279 g/mol. The predicted octanol–water partition coefficient (Wildman–Crippen LogP) is 1.46. The number of amides is 1. The van der Waals surface area contributed by atoms with Gasteiger partial charge in [-0.3, -0.25) is 4.79 Å². The van der Waals surface area contributed by atoms with Gasteiger partial charge in [0, 0.05) is 25.0 Å². The lowest BCUT2D eigenvalue weighted by atomic mass is 9.94. The first-order chi connectivity index (χ1) is 9.84. The number of nitrogens with one attached hydrogen (secondary N) is 1. The SMILES string of the molecule is O=C(C1CCNCC1)N1CCC(N2CCCCC2)CC1. The predicted molar refractivity (Wildman–Crippen MR) is 80.6 cm³/mol. The van der Waals surface area contributed by atoms with E-state index in [0.29, 0.717) is 11.8 Å². The Balaban J connectivity index is 1.46. The van der Waals surface area contributed by atoms with Crippen molar-refractivity contribution in [2.75, 3.05) is 39.3 Å². The minimum atomic E-state index is 0.294. The number of piperidine rings is 3. The van der Waals surface area contributed by atoms with Gasteiger partial charge >= 0.3 is 0 Å². The van der Waals surface area contributed by atoms with E-state index in [-0.39, 0.29) is 0 Å². The molecular formula is C16H29N3O. The molecule has 1 N–H and O–H groups in total. The number of carbonyl (C=O) groups is 1. The van der Waals surface area contributed by atoms with E-state index < -0.39 is 0 Å². The Kier molecular flexibility index (Phi) is 4.94. The summed E-state index contributed by atoms with van der Waals surface area (Å²) in [6, 6.07) is 0.743. The quantitative estimate of drug-likeness (QED) is 0.831. The Labute approximate surface area is 122 Å². The molecule has 0 saturated carbocycles. The third-order valence-electron chi connectivity index (χ3n) is 5.37. The molecule has 3 aliphatic rings. The largest absolute Gasteiger partial charge is 0.342 e. The third-order valence-corrected chi connectivity index (χ3v) is 5.37. The van der Waals surface area contributed by atoms with Crippen molar-refractivity contribution in [3.8, 4) is 0 Å². The lowest BCUT2D eigenvalue weighted by Gasteiger charge is -2.41. The molecule has 3 rings (SSSR count).